The molecule has 3 aromatic carbocycles. The fourth-order valence-corrected chi connectivity index (χ4v) is 12.5. The van der Waals surface area contributed by atoms with Gasteiger partial charge in [0.15, 0.2) is 22.6 Å². The average molecular weight is 835 g/mol. The first-order chi connectivity index (χ1) is 25.9. The van der Waals surface area contributed by atoms with Gasteiger partial charge in [-0.1, -0.05) is 102 Å². The van der Waals surface area contributed by atoms with Gasteiger partial charge in [-0.15, -0.1) is 0 Å². The maximum atomic E-state index is 14.4. The summed E-state index contributed by atoms with van der Waals surface area (Å²) in [6.07, 6.45) is -0.0799. The summed E-state index contributed by atoms with van der Waals surface area (Å²) >= 11 is 11.3. The van der Waals surface area contributed by atoms with Crippen molar-refractivity contribution in [3.05, 3.63) is 129 Å². The van der Waals surface area contributed by atoms with E-state index in [1.165, 1.54) is 14.2 Å². The van der Waals surface area contributed by atoms with Crippen molar-refractivity contribution in [1.82, 2.24) is 0 Å². The van der Waals surface area contributed by atoms with E-state index in [4.69, 9.17) is 33.1 Å². The zero-order valence-electron chi connectivity index (χ0n) is 34.3. The van der Waals surface area contributed by atoms with Crippen LogP contribution in [-0.2, 0) is 38.0 Å². The van der Waals surface area contributed by atoms with Crippen LogP contribution in [0.15, 0.2) is 78.9 Å². The molecule has 0 N–H and O–H groups in total. The maximum absolute atomic E-state index is 14.4. The van der Waals surface area contributed by atoms with Crippen LogP contribution < -0.4 is 9.47 Å². The van der Waals surface area contributed by atoms with E-state index in [-0.39, 0.29) is 36.3 Å². The van der Waals surface area contributed by atoms with E-state index in [1.54, 1.807) is 66.7 Å². The Bertz CT molecular complexity index is 2060. The fourth-order valence-electron chi connectivity index (χ4n) is 6.37. The van der Waals surface area contributed by atoms with E-state index >= 15 is 0 Å². The van der Waals surface area contributed by atoms with Crippen molar-refractivity contribution in [2.24, 2.45) is 0 Å². The Morgan fingerprint density at radius 1 is 0.518 bits per heavy atom. The van der Waals surface area contributed by atoms with Crippen LogP contribution >= 0.6 is 12.1 Å². The topological polar surface area (TPSA) is 121 Å². The van der Waals surface area contributed by atoms with Gasteiger partial charge >= 0.3 is 0 Å². The quantitative estimate of drug-likeness (QED) is 0.0960. The highest BCUT2D eigenvalue weighted by Crippen LogP contribution is 2.58. The van der Waals surface area contributed by atoms with Crippen molar-refractivity contribution in [2.45, 2.75) is 81.6 Å². The molecule has 0 aliphatic carbocycles. The molecule has 56 heavy (non-hydrogen) atoms. The molecule has 3 rings (SSSR count). The van der Waals surface area contributed by atoms with Crippen LogP contribution in [0.2, 0.25) is 0 Å². The Kier molecular flexibility index (Phi) is 16.9. The van der Waals surface area contributed by atoms with Crippen molar-refractivity contribution < 1.29 is 38.2 Å². The number of hydrogen-bond donors (Lipinski definition) is 0. The summed E-state index contributed by atoms with van der Waals surface area (Å²) in [6, 6.07) is 4.76. The molecule has 0 saturated carbocycles. The Balaban J connectivity index is 0.000000461. The minimum atomic E-state index is -4.12. The molecule has 0 aromatic heterocycles. The number of methoxy groups -OCH3 is 2. The summed E-state index contributed by atoms with van der Waals surface area (Å²) in [5.74, 6) is 0.396. The van der Waals surface area contributed by atoms with Crippen LogP contribution in [0.1, 0.15) is 104 Å². The first-order valence-electron chi connectivity index (χ1n) is 17.6. The van der Waals surface area contributed by atoms with Crippen LogP contribution in [0.5, 0.6) is 11.5 Å². The second-order valence-corrected chi connectivity index (χ2v) is 22.7. The van der Waals surface area contributed by atoms with E-state index in [0.29, 0.717) is 50.1 Å². The van der Waals surface area contributed by atoms with Gasteiger partial charge in [0.25, 0.3) is 0 Å². The van der Waals surface area contributed by atoms with E-state index in [9.17, 15) is 28.8 Å². The molecule has 0 radical (unpaired) electrons. The van der Waals surface area contributed by atoms with E-state index in [1.807, 2.05) is 38.1 Å². The monoisotopic (exact) mass is 834 g/mol. The summed E-state index contributed by atoms with van der Waals surface area (Å²) < 4.78 is 10.9. The van der Waals surface area contributed by atoms with Crippen LogP contribution in [-0.4, -0.2) is 47.4 Å². The Hall–Kier alpha value is -4.20. The normalized spacial score (nSPS) is 11.1. The van der Waals surface area contributed by atoms with Gasteiger partial charge in [0, 0.05) is 30.4 Å². The van der Waals surface area contributed by atoms with Crippen LogP contribution in [0.3, 0.4) is 0 Å². The first kappa shape index (κ1) is 48.0. The number of benzene rings is 3. The fraction of sp³-hybridized carbons (Fsp3) is 0.318. The molecule has 0 amide bonds. The van der Waals surface area contributed by atoms with Gasteiger partial charge in [-0.05, 0) is 96.7 Å². The van der Waals surface area contributed by atoms with Crippen molar-refractivity contribution >= 4 is 68.8 Å². The smallest absolute Gasteiger partial charge is 0.216 e. The largest absolute Gasteiger partial charge is 0.496 e. The lowest BCUT2D eigenvalue weighted by molar-refractivity contribution is -0.116. The number of allylic oxidation sites excluding steroid dienone is 3. The number of aryl methyl sites for hydroxylation is 6. The van der Waals surface area contributed by atoms with Gasteiger partial charge in [0.2, 0.25) is 16.6 Å². The van der Waals surface area contributed by atoms with Crippen molar-refractivity contribution in [3.8, 4) is 11.5 Å². The molecule has 0 aliphatic rings. The number of carbonyl (C=O) groups excluding carboxylic acids is 6. The SMILES string of the molecule is C=C(C)CC(=O)P(=S)(C(=O)CC(=C)C)C(=O)CC(=C)C.COc1cccc(OC)c1C(=O)P(=S)(C(=O)c1c(C)cc(C)cc1C)C(=O)c1c(C)cc(C)cc1C. The molecule has 298 valence electrons. The van der Waals surface area contributed by atoms with Gasteiger partial charge in [-0.3, -0.25) is 28.8 Å². The second-order valence-electron chi connectivity index (χ2n) is 14.3. The molecule has 0 fully saturated rings. The highest BCUT2D eigenvalue weighted by Gasteiger charge is 2.47. The highest BCUT2D eigenvalue weighted by molar-refractivity contribution is 8.39. The van der Waals surface area contributed by atoms with Crippen LogP contribution in [0, 0.1) is 41.5 Å². The standard InChI is InChI=1S/C29H31O5PS.C15H21O3PS/c1-16-12-18(3)24(19(4)13-16)27(30)35(36,28(31)25-20(5)14-17(2)15-21(25)6)29(32)26-22(33-7)10-9-11-23(26)34-8;1-10(2)7-13(16)19(20,14(17)8-11(3)4)15(18)9-12(5)6/h9-15H,1-8H3;1,3,5,7-9H2,2,4,6H3. The number of hydrogen-bond acceptors (Lipinski definition) is 10. The van der Waals surface area contributed by atoms with Crippen LogP contribution in [0.4, 0.5) is 0 Å². The zero-order chi connectivity index (χ0) is 43.0. The van der Waals surface area contributed by atoms with E-state index in [2.05, 4.69) is 19.7 Å². The minimum Gasteiger partial charge on any atom is -0.496 e. The van der Waals surface area contributed by atoms with Crippen molar-refractivity contribution in [1.29, 1.82) is 0 Å². The molecule has 0 atom stereocenters. The summed E-state index contributed by atoms with van der Waals surface area (Å²) in [5.41, 5.74) is 3.70. The van der Waals surface area contributed by atoms with Gasteiger partial charge in [0.1, 0.15) is 23.1 Å². The molecule has 0 unspecified atom stereocenters. The van der Waals surface area contributed by atoms with Crippen LogP contribution in [0.25, 0.3) is 0 Å². The summed E-state index contributed by atoms with van der Waals surface area (Å²) in [5, 5.41) is 0. The molecule has 0 saturated heterocycles. The summed E-state index contributed by atoms with van der Waals surface area (Å²) in [7, 11) is 2.84. The third-order valence-corrected chi connectivity index (χ3v) is 17.0. The third kappa shape index (κ3) is 10.6. The predicted molar refractivity (Wildman–Crippen MR) is 236 cm³/mol. The molecule has 3 aromatic rings. The lowest BCUT2D eigenvalue weighted by atomic mass is 10.0. The molecule has 8 nitrogen and oxygen atoms in total. The molecule has 0 spiro atoms. The lowest BCUT2D eigenvalue weighted by Crippen LogP contribution is -2.21. The zero-order valence-corrected chi connectivity index (χ0v) is 37.7. The number of carbonyl (C=O) groups is 6. The van der Waals surface area contributed by atoms with E-state index in [0.717, 1.165) is 11.1 Å². The molecule has 0 aliphatic heterocycles. The Labute approximate surface area is 341 Å². The van der Waals surface area contributed by atoms with Gasteiger partial charge in [0.05, 0.1) is 14.2 Å². The molecular formula is C44H52O8P2S2. The maximum Gasteiger partial charge on any atom is 0.216 e. The minimum absolute atomic E-state index is 0.0115. The Morgan fingerprint density at radius 3 is 1.04 bits per heavy atom. The van der Waals surface area contributed by atoms with Gasteiger partial charge in [-0.25, -0.2) is 0 Å². The highest BCUT2D eigenvalue weighted by atomic mass is 32.4. The average Bonchev–Trinajstić information content (AvgIpc) is 3.08. The summed E-state index contributed by atoms with van der Waals surface area (Å²) in [6.45, 7) is 27.0. The molecule has 0 bridgehead atoms. The van der Waals surface area contributed by atoms with E-state index < -0.39 is 45.2 Å². The Morgan fingerprint density at radius 2 is 0.786 bits per heavy atom. The van der Waals surface area contributed by atoms with Crippen molar-refractivity contribution in [3.63, 3.8) is 0 Å². The second kappa shape index (κ2) is 19.8. The summed E-state index contributed by atoms with van der Waals surface area (Å²) in [4.78, 5) is 80.0. The van der Waals surface area contributed by atoms with Gasteiger partial charge < -0.3 is 9.47 Å². The van der Waals surface area contributed by atoms with Crippen molar-refractivity contribution in [2.75, 3.05) is 14.2 Å². The lowest BCUT2D eigenvalue weighted by Gasteiger charge is -2.24. The number of ether oxygens (including phenoxy) is 2. The predicted octanol–water partition coefficient (Wildman–Crippen LogP) is 10.8. The third-order valence-electron chi connectivity index (χ3n) is 8.69. The molecule has 12 heteroatoms. The molecular weight excluding hydrogens is 783 g/mol. The number of rotatable bonds is 17. The first-order valence-corrected chi connectivity index (χ1v) is 23.2. The molecule has 0 heterocycles. The van der Waals surface area contributed by atoms with Gasteiger partial charge in [-0.2, -0.15) is 0 Å².